The predicted octanol–water partition coefficient (Wildman–Crippen LogP) is -0.711. The number of aromatic amines is 1. The lowest BCUT2D eigenvalue weighted by molar-refractivity contribution is -0.147. The van der Waals surface area contributed by atoms with Crippen molar-refractivity contribution in [2.45, 2.75) is 49.9 Å². The molecule has 0 spiro atoms. The topological polar surface area (TPSA) is 217 Å². The van der Waals surface area contributed by atoms with Crippen LogP contribution in [0.4, 0.5) is 0 Å². The number of hydrogen-bond donors (Lipinski definition) is 7. The number of aliphatic carboxylic acids is 2. The van der Waals surface area contributed by atoms with Gasteiger partial charge in [0, 0.05) is 24.7 Å². The van der Waals surface area contributed by atoms with Gasteiger partial charge in [0.05, 0.1) is 18.8 Å². The van der Waals surface area contributed by atoms with E-state index in [1.165, 1.54) is 24.3 Å². The third-order valence-corrected chi connectivity index (χ3v) is 6.13. The highest BCUT2D eigenvalue weighted by Crippen LogP contribution is 2.08. The summed E-state index contributed by atoms with van der Waals surface area (Å²) >= 11 is 1.46. The number of hydrogen-bond acceptors (Lipinski definition) is 8. The molecular weight excluding hydrogens is 516 g/mol. The van der Waals surface area contributed by atoms with Crippen LogP contribution in [0.3, 0.4) is 0 Å². The molecule has 8 N–H and O–H groups in total. The Morgan fingerprint density at radius 1 is 0.947 bits per heavy atom. The van der Waals surface area contributed by atoms with E-state index in [4.69, 9.17) is 10.8 Å². The van der Waals surface area contributed by atoms with Gasteiger partial charge in [-0.25, -0.2) is 9.78 Å². The van der Waals surface area contributed by atoms with Crippen molar-refractivity contribution in [3.05, 3.63) is 54.1 Å². The van der Waals surface area contributed by atoms with Crippen LogP contribution in [0.25, 0.3) is 0 Å². The zero-order valence-electron chi connectivity index (χ0n) is 20.8. The zero-order chi connectivity index (χ0) is 28.1. The number of rotatable bonds is 16. The Labute approximate surface area is 223 Å². The maximum atomic E-state index is 13.2. The first-order valence-electron chi connectivity index (χ1n) is 11.7. The summed E-state index contributed by atoms with van der Waals surface area (Å²) in [7, 11) is 0. The van der Waals surface area contributed by atoms with Crippen LogP contribution in [-0.4, -0.2) is 86.0 Å². The van der Waals surface area contributed by atoms with Crippen LogP contribution in [0.1, 0.15) is 24.1 Å². The number of imidazole rings is 1. The molecule has 0 aliphatic carbocycles. The van der Waals surface area contributed by atoms with E-state index in [1.807, 2.05) is 6.26 Å². The fraction of sp³-hybridized carbons (Fsp3) is 0.417. The molecule has 0 aliphatic rings. The van der Waals surface area contributed by atoms with E-state index in [2.05, 4.69) is 25.9 Å². The van der Waals surface area contributed by atoms with E-state index >= 15 is 0 Å². The molecule has 2 rings (SSSR count). The largest absolute Gasteiger partial charge is 0.481 e. The molecule has 3 amide bonds. The molecule has 0 radical (unpaired) electrons. The Morgan fingerprint density at radius 2 is 1.58 bits per heavy atom. The molecule has 0 fully saturated rings. The highest BCUT2D eigenvalue weighted by molar-refractivity contribution is 7.98. The van der Waals surface area contributed by atoms with Gasteiger partial charge in [0.2, 0.25) is 17.7 Å². The van der Waals surface area contributed by atoms with Gasteiger partial charge in [0.15, 0.2) is 0 Å². The molecule has 1 aromatic carbocycles. The van der Waals surface area contributed by atoms with Gasteiger partial charge < -0.3 is 36.9 Å². The van der Waals surface area contributed by atoms with Crippen LogP contribution in [-0.2, 0) is 36.8 Å². The maximum absolute atomic E-state index is 13.2. The molecular formula is C24H32N6O7S. The van der Waals surface area contributed by atoms with Crippen molar-refractivity contribution < 1.29 is 34.2 Å². The van der Waals surface area contributed by atoms with Crippen molar-refractivity contribution >= 4 is 41.4 Å². The summed E-state index contributed by atoms with van der Waals surface area (Å²) in [5, 5.41) is 25.7. The highest BCUT2D eigenvalue weighted by Gasteiger charge is 2.31. The average Bonchev–Trinajstić information content (AvgIpc) is 3.38. The fourth-order valence-corrected chi connectivity index (χ4v) is 3.96. The number of benzene rings is 1. The van der Waals surface area contributed by atoms with Crippen LogP contribution in [0.2, 0.25) is 0 Å². The monoisotopic (exact) mass is 548 g/mol. The number of carbonyl (C=O) groups excluding carboxylic acids is 3. The number of carboxylic acids is 2. The number of nitrogens with one attached hydrogen (secondary N) is 4. The third kappa shape index (κ3) is 10.2. The lowest BCUT2D eigenvalue weighted by Gasteiger charge is -2.25. The quantitative estimate of drug-likeness (QED) is 0.140. The van der Waals surface area contributed by atoms with Gasteiger partial charge >= 0.3 is 11.9 Å². The Hall–Kier alpha value is -3.91. The highest BCUT2D eigenvalue weighted by atomic mass is 32.2. The van der Waals surface area contributed by atoms with Crippen LogP contribution >= 0.6 is 11.8 Å². The molecule has 4 unspecified atom stereocenters. The first-order valence-corrected chi connectivity index (χ1v) is 13.1. The van der Waals surface area contributed by atoms with Crippen molar-refractivity contribution in [3.63, 3.8) is 0 Å². The van der Waals surface area contributed by atoms with Crippen molar-refractivity contribution in [1.29, 1.82) is 0 Å². The molecule has 206 valence electrons. The minimum Gasteiger partial charge on any atom is -0.481 e. The van der Waals surface area contributed by atoms with Crippen molar-refractivity contribution in [1.82, 2.24) is 25.9 Å². The molecule has 13 nitrogen and oxygen atoms in total. The second kappa shape index (κ2) is 15.4. The second-order valence-electron chi connectivity index (χ2n) is 8.48. The maximum Gasteiger partial charge on any atom is 0.326 e. The number of carboxylic acid groups (broad SMARTS) is 2. The predicted molar refractivity (Wildman–Crippen MR) is 139 cm³/mol. The van der Waals surface area contributed by atoms with Crippen LogP contribution in [0.15, 0.2) is 42.9 Å². The standard InChI is InChI=1S/C24H32N6O7S/c1-38-8-7-17(28-21(33)16(25)10-15-12-26-13-27-15)22(34)29-18(9-14-5-3-2-4-6-14)23(35)30-19(24(36)37)11-20(31)32/h2-6,12-13,16-19H,7-11,25H2,1H3,(H,26,27)(H,28,33)(H,29,34)(H,30,35)(H,31,32)(H,36,37). The molecule has 4 atom stereocenters. The van der Waals surface area contributed by atoms with E-state index in [1.54, 1.807) is 30.3 Å². The van der Waals surface area contributed by atoms with Gasteiger partial charge in [-0.05, 0) is 24.0 Å². The van der Waals surface area contributed by atoms with E-state index in [0.717, 1.165) is 0 Å². The Kier molecular flexibility index (Phi) is 12.3. The van der Waals surface area contributed by atoms with Gasteiger partial charge in [0.25, 0.3) is 0 Å². The van der Waals surface area contributed by atoms with Gasteiger partial charge in [-0.3, -0.25) is 19.2 Å². The van der Waals surface area contributed by atoms with Gasteiger partial charge in [0.1, 0.15) is 18.1 Å². The van der Waals surface area contributed by atoms with Gasteiger partial charge in [-0.2, -0.15) is 11.8 Å². The van der Waals surface area contributed by atoms with E-state index in [0.29, 0.717) is 17.0 Å². The van der Waals surface area contributed by atoms with Crippen LogP contribution in [0.5, 0.6) is 0 Å². The first kappa shape index (κ1) is 30.3. The lowest BCUT2D eigenvalue weighted by atomic mass is 10.0. The van der Waals surface area contributed by atoms with Crippen LogP contribution < -0.4 is 21.7 Å². The van der Waals surface area contributed by atoms with E-state index in [9.17, 15) is 29.1 Å². The summed E-state index contributed by atoms with van der Waals surface area (Å²) in [6.45, 7) is 0. The van der Waals surface area contributed by atoms with E-state index in [-0.39, 0.29) is 19.3 Å². The van der Waals surface area contributed by atoms with Crippen molar-refractivity contribution in [2.24, 2.45) is 5.73 Å². The molecule has 0 saturated carbocycles. The minimum atomic E-state index is -1.69. The molecule has 0 saturated heterocycles. The molecule has 38 heavy (non-hydrogen) atoms. The molecule has 1 heterocycles. The van der Waals surface area contributed by atoms with Gasteiger partial charge in [-0.1, -0.05) is 30.3 Å². The third-order valence-electron chi connectivity index (χ3n) is 5.48. The Bertz CT molecular complexity index is 1080. The first-order chi connectivity index (χ1) is 18.1. The zero-order valence-corrected chi connectivity index (χ0v) is 21.6. The summed E-state index contributed by atoms with van der Waals surface area (Å²) in [5.74, 6) is -4.53. The molecule has 0 aliphatic heterocycles. The number of nitrogens with zero attached hydrogens (tertiary/aromatic N) is 1. The summed E-state index contributed by atoms with van der Waals surface area (Å²) in [6.07, 6.45) is 4.40. The normalized spacial score (nSPS) is 13.9. The summed E-state index contributed by atoms with van der Waals surface area (Å²) in [4.78, 5) is 68.2. The lowest BCUT2D eigenvalue weighted by Crippen LogP contribution is -2.58. The number of nitrogens with two attached hydrogens (primary N) is 1. The SMILES string of the molecule is CSCCC(NC(=O)C(N)Cc1cnc[nH]1)C(=O)NC(Cc1ccccc1)C(=O)NC(CC(=O)O)C(=O)O. The second-order valence-corrected chi connectivity index (χ2v) is 9.46. The number of amides is 3. The van der Waals surface area contributed by atoms with Gasteiger partial charge in [-0.15, -0.1) is 0 Å². The fourth-order valence-electron chi connectivity index (χ4n) is 3.49. The number of aromatic nitrogens is 2. The summed E-state index contributed by atoms with van der Waals surface area (Å²) in [5.41, 5.74) is 7.31. The average molecular weight is 549 g/mol. The number of H-pyrrole nitrogens is 1. The summed E-state index contributed by atoms with van der Waals surface area (Å²) in [6, 6.07) is 3.76. The molecule has 2 aromatic rings. The van der Waals surface area contributed by atoms with Crippen LogP contribution in [0, 0.1) is 0 Å². The van der Waals surface area contributed by atoms with Crippen molar-refractivity contribution in [3.8, 4) is 0 Å². The Balaban J connectivity index is 2.18. The summed E-state index contributed by atoms with van der Waals surface area (Å²) < 4.78 is 0. The molecule has 0 bridgehead atoms. The minimum absolute atomic E-state index is 0.000353. The molecule has 1 aromatic heterocycles. The number of thioether (sulfide) groups is 1. The Morgan fingerprint density at radius 3 is 2.16 bits per heavy atom. The number of carbonyl (C=O) groups is 5. The molecule has 14 heteroatoms. The van der Waals surface area contributed by atoms with Crippen molar-refractivity contribution in [2.75, 3.05) is 12.0 Å². The van der Waals surface area contributed by atoms with E-state index < -0.39 is 60.2 Å². The smallest absolute Gasteiger partial charge is 0.326 e.